The number of rotatable bonds is 0. The Kier molecular flexibility index (Phi) is 2.33. The molecule has 108 valence electrons. The molecule has 22 heavy (non-hydrogen) atoms. The third-order valence-electron chi connectivity index (χ3n) is 4.79. The zero-order chi connectivity index (χ0) is 14.7. The smallest absolute Gasteiger partial charge is 0.199 e. The van der Waals surface area contributed by atoms with Gasteiger partial charge in [-0.1, -0.05) is 48.5 Å². The molecule has 1 saturated heterocycles. The van der Waals surface area contributed by atoms with E-state index in [2.05, 4.69) is 12.1 Å². The van der Waals surface area contributed by atoms with Gasteiger partial charge >= 0.3 is 0 Å². The average Bonchev–Trinajstić information content (AvgIpc) is 3.13. The number of hydrogen-bond acceptors (Lipinski definition) is 3. The van der Waals surface area contributed by atoms with Gasteiger partial charge < -0.3 is 9.47 Å². The van der Waals surface area contributed by atoms with Gasteiger partial charge in [0.05, 0.1) is 13.2 Å². The SMILES string of the molecule is O=C1C2=C(c3ccccc31)c1ccccc1C1(C2)OCCO1. The van der Waals surface area contributed by atoms with Gasteiger partial charge in [0.2, 0.25) is 0 Å². The Hall–Kier alpha value is -2.23. The monoisotopic (exact) mass is 290 g/mol. The second-order valence-electron chi connectivity index (χ2n) is 5.90. The van der Waals surface area contributed by atoms with Crippen LogP contribution < -0.4 is 0 Å². The topological polar surface area (TPSA) is 35.5 Å². The Bertz CT molecular complexity index is 841. The summed E-state index contributed by atoms with van der Waals surface area (Å²) in [6.45, 7) is 1.14. The van der Waals surface area contributed by atoms with Gasteiger partial charge in [0, 0.05) is 23.1 Å². The standard InChI is InChI=1S/C19H14O3/c20-18-13-6-2-1-5-12(13)17-14-7-3-4-8-16(14)19(11-15(17)18)21-9-10-22-19/h1-8H,9-11H2. The van der Waals surface area contributed by atoms with E-state index < -0.39 is 5.79 Å². The highest BCUT2D eigenvalue weighted by molar-refractivity contribution is 6.23. The van der Waals surface area contributed by atoms with Gasteiger partial charge in [0.1, 0.15) is 0 Å². The average molecular weight is 290 g/mol. The summed E-state index contributed by atoms with van der Waals surface area (Å²) in [4.78, 5) is 12.8. The summed E-state index contributed by atoms with van der Waals surface area (Å²) in [5.74, 6) is -0.675. The molecule has 1 spiro atoms. The zero-order valence-corrected chi connectivity index (χ0v) is 12.0. The third-order valence-corrected chi connectivity index (χ3v) is 4.79. The van der Waals surface area contributed by atoms with Crippen molar-refractivity contribution >= 4 is 11.4 Å². The molecule has 5 rings (SSSR count). The molecule has 0 N–H and O–H groups in total. The molecule has 0 unspecified atom stereocenters. The van der Waals surface area contributed by atoms with E-state index in [1.807, 2.05) is 36.4 Å². The second kappa shape index (κ2) is 4.15. The van der Waals surface area contributed by atoms with Crippen LogP contribution in [0, 0.1) is 0 Å². The van der Waals surface area contributed by atoms with E-state index in [0.717, 1.165) is 33.4 Å². The quantitative estimate of drug-likeness (QED) is 0.747. The molecule has 1 aliphatic heterocycles. The van der Waals surface area contributed by atoms with Crippen molar-refractivity contribution < 1.29 is 14.3 Å². The van der Waals surface area contributed by atoms with Crippen LogP contribution in [-0.4, -0.2) is 19.0 Å². The number of carbonyl (C=O) groups is 1. The highest BCUT2D eigenvalue weighted by Crippen LogP contribution is 2.51. The van der Waals surface area contributed by atoms with E-state index in [1.165, 1.54) is 0 Å². The summed E-state index contributed by atoms with van der Waals surface area (Å²) >= 11 is 0. The van der Waals surface area contributed by atoms with Crippen molar-refractivity contribution in [1.29, 1.82) is 0 Å². The maximum absolute atomic E-state index is 12.8. The van der Waals surface area contributed by atoms with Crippen LogP contribution in [0.5, 0.6) is 0 Å². The third kappa shape index (κ3) is 1.40. The number of ketones is 1. The zero-order valence-electron chi connectivity index (χ0n) is 12.0. The van der Waals surface area contributed by atoms with E-state index in [-0.39, 0.29) is 5.78 Å². The molecule has 0 radical (unpaired) electrons. The highest BCUT2D eigenvalue weighted by atomic mass is 16.7. The Labute approximate surface area is 128 Å². The van der Waals surface area contributed by atoms with Gasteiger partial charge in [0.25, 0.3) is 0 Å². The Morgan fingerprint density at radius 2 is 1.45 bits per heavy atom. The highest BCUT2D eigenvalue weighted by Gasteiger charge is 2.48. The first-order valence-corrected chi connectivity index (χ1v) is 7.55. The first-order chi connectivity index (χ1) is 10.8. The van der Waals surface area contributed by atoms with E-state index in [0.29, 0.717) is 19.6 Å². The first-order valence-electron chi connectivity index (χ1n) is 7.55. The van der Waals surface area contributed by atoms with Crippen molar-refractivity contribution in [2.45, 2.75) is 12.2 Å². The van der Waals surface area contributed by atoms with Crippen LogP contribution in [0.15, 0.2) is 54.1 Å². The van der Waals surface area contributed by atoms with Gasteiger partial charge in [-0.3, -0.25) is 4.79 Å². The van der Waals surface area contributed by atoms with Crippen LogP contribution in [0.25, 0.3) is 5.57 Å². The molecule has 3 aliphatic rings. The molecule has 3 nitrogen and oxygen atoms in total. The lowest BCUT2D eigenvalue weighted by Crippen LogP contribution is -2.32. The van der Waals surface area contributed by atoms with Crippen LogP contribution >= 0.6 is 0 Å². The summed E-state index contributed by atoms with van der Waals surface area (Å²) < 4.78 is 11.9. The Balaban J connectivity index is 1.82. The maximum Gasteiger partial charge on any atom is 0.199 e. The Morgan fingerprint density at radius 3 is 2.23 bits per heavy atom. The Morgan fingerprint density at radius 1 is 0.818 bits per heavy atom. The lowest BCUT2D eigenvalue weighted by molar-refractivity contribution is -0.165. The number of hydrogen-bond donors (Lipinski definition) is 0. The molecule has 2 aromatic carbocycles. The molecule has 3 heteroatoms. The van der Waals surface area contributed by atoms with Gasteiger partial charge in [-0.25, -0.2) is 0 Å². The molecule has 0 amide bonds. The molecule has 0 atom stereocenters. The predicted octanol–water partition coefficient (Wildman–Crippen LogP) is 3.29. The predicted molar refractivity (Wildman–Crippen MR) is 81.4 cm³/mol. The summed E-state index contributed by atoms with van der Waals surface area (Å²) in [6.07, 6.45) is 0.493. The normalized spacial score (nSPS) is 21.0. The largest absolute Gasteiger partial charge is 0.343 e. The van der Waals surface area contributed by atoms with E-state index in [9.17, 15) is 4.79 Å². The molecular formula is C19H14O3. The van der Waals surface area contributed by atoms with Gasteiger partial charge in [-0.2, -0.15) is 0 Å². The molecule has 2 aliphatic carbocycles. The number of ether oxygens (including phenoxy) is 2. The van der Waals surface area contributed by atoms with Crippen molar-refractivity contribution in [2.24, 2.45) is 0 Å². The van der Waals surface area contributed by atoms with Crippen molar-refractivity contribution in [2.75, 3.05) is 13.2 Å². The lowest BCUT2D eigenvalue weighted by atomic mass is 9.81. The molecular weight excluding hydrogens is 276 g/mol. The number of carbonyl (C=O) groups excluding carboxylic acids is 1. The maximum atomic E-state index is 12.8. The number of Topliss-reactive ketones (excluding diaryl/α,β-unsaturated/α-hetero) is 1. The number of benzene rings is 2. The molecule has 0 bridgehead atoms. The fraction of sp³-hybridized carbons (Fsp3) is 0.211. The van der Waals surface area contributed by atoms with Gasteiger partial charge in [0.15, 0.2) is 11.6 Å². The summed E-state index contributed by atoms with van der Waals surface area (Å²) in [5, 5.41) is 0. The molecule has 0 saturated carbocycles. The van der Waals surface area contributed by atoms with E-state index in [4.69, 9.17) is 9.47 Å². The van der Waals surface area contributed by atoms with Crippen molar-refractivity contribution in [3.63, 3.8) is 0 Å². The van der Waals surface area contributed by atoms with Crippen LogP contribution in [0.3, 0.4) is 0 Å². The summed E-state index contributed by atoms with van der Waals surface area (Å²) in [6, 6.07) is 15.9. The number of fused-ring (bicyclic) bond motifs is 5. The summed E-state index contributed by atoms with van der Waals surface area (Å²) in [7, 11) is 0. The fourth-order valence-corrected chi connectivity index (χ4v) is 3.89. The van der Waals surface area contributed by atoms with Crippen molar-refractivity contribution in [1.82, 2.24) is 0 Å². The van der Waals surface area contributed by atoms with Crippen LogP contribution in [0.1, 0.15) is 33.5 Å². The molecule has 1 heterocycles. The van der Waals surface area contributed by atoms with Gasteiger partial charge in [-0.15, -0.1) is 0 Å². The minimum absolute atomic E-state index is 0.110. The summed E-state index contributed by atoms with van der Waals surface area (Å²) in [5.41, 5.74) is 5.79. The van der Waals surface area contributed by atoms with E-state index >= 15 is 0 Å². The molecule has 0 aromatic heterocycles. The minimum atomic E-state index is -0.785. The lowest BCUT2D eigenvalue weighted by Gasteiger charge is -2.34. The molecule has 1 fully saturated rings. The van der Waals surface area contributed by atoms with Crippen molar-refractivity contribution in [3.05, 3.63) is 76.4 Å². The van der Waals surface area contributed by atoms with E-state index in [1.54, 1.807) is 0 Å². The minimum Gasteiger partial charge on any atom is -0.343 e. The van der Waals surface area contributed by atoms with Crippen molar-refractivity contribution in [3.8, 4) is 0 Å². The first kappa shape index (κ1) is 12.3. The van der Waals surface area contributed by atoms with Crippen LogP contribution in [0.4, 0.5) is 0 Å². The fourth-order valence-electron chi connectivity index (χ4n) is 3.89. The second-order valence-corrected chi connectivity index (χ2v) is 5.90. The van der Waals surface area contributed by atoms with Gasteiger partial charge in [-0.05, 0) is 16.7 Å². The van der Waals surface area contributed by atoms with Crippen LogP contribution in [-0.2, 0) is 15.3 Å². The van der Waals surface area contributed by atoms with Crippen LogP contribution in [0.2, 0.25) is 0 Å². The molecule has 2 aromatic rings.